The van der Waals surface area contributed by atoms with Crippen molar-refractivity contribution in [3.8, 4) is 0 Å². The van der Waals surface area contributed by atoms with Gasteiger partial charge in [0.25, 0.3) is 0 Å². The summed E-state index contributed by atoms with van der Waals surface area (Å²) in [6.07, 6.45) is 0. The molecule has 110 valence electrons. The molecule has 2 aromatic rings. The van der Waals surface area contributed by atoms with Crippen molar-refractivity contribution in [3.63, 3.8) is 0 Å². The fourth-order valence-corrected chi connectivity index (χ4v) is 2.14. The van der Waals surface area contributed by atoms with Crippen molar-refractivity contribution in [2.45, 2.75) is 13.1 Å². The fourth-order valence-electron chi connectivity index (χ4n) is 1.90. The zero-order chi connectivity index (χ0) is 15.2. The molecule has 0 amide bonds. The standard InChI is InChI=1S/C15H15ClFN3O/c16-14-7-11(15(18)20-21)4-5-12(14)9-19-8-10-2-1-3-13(17)6-10/h1-7,19,21H,8-9H2,(H2,18,20). The number of nitrogens with zero attached hydrogens (tertiary/aromatic N) is 1. The molecule has 0 aliphatic heterocycles. The molecule has 0 spiro atoms. The van der Waals surface area contributed by atoms with E-state index < -0.39 is 0 Å². The van der Waals surface area contributed by atoms with Gasteiger partial charge >= 0.3 is 0 Å². The molecule has 0 saturated carbocycles. The molecular weight excluding hydrogens is 293 g/mol. The average Bonchev–Trinajstić information content (AvgIpc) is 2.48. The average molecular weight is 308 g/mol. The number of hydrogen-bond acceptors (Lipinski definition) is 3. The molecule has 0 radical (unpaired) electrons. The number of amidine groups is 1. The Hall–Kier alpha value is -2.11. The lowest BCUT2D eigenvalue weighted by Crippen LogP contribution is -2.15. The second-order valence-electron chi connectivity index (χ2n) is 4.52. The summed E-state index contributed by atoms with van der Waals surface area (Å²) in [4.78, 5) is 0. The summed E-state index contributed by atoms with van der Waals surface area (Å²) in [6, 6.07) is 11.6. The maximum absolute atomic E-state index is 13.0. The van der Waals surface area contributed by atoms with E-state index in [1.54, 1.807) is 24.3 Å². The van der Waals surface area contributed by atoms with Crippen molar-refractivity contribution >= 4 is 17.4 Å². The van der Waals surface area contributed by atoms with Crippen LogP contribution in [0.4, 0.5) is 4.39 Å². The van der Waals surface area contributed by atoms with Crippen molar-refractivity contribution in [1.82, 2.24) is 5.32 Å². The third-order valence-electron chi connectivity index (χ3n) is 2.99. The Morgan fingerprint density at radius 3 is 2.71 bits per heavy atom. The Balaban J connectivity index is 1.97. The molecule has 0 atom stereocenters. The molecule has 6 heteroatoms. The van der Waals surface area contributed by atoms with Crippen LogP contribution in [-0.2, 0) is 13.1 Å². The Kier molecular flexibility index (Phi) is 5.14. The molecule has 21 heavy (non-hydrogen) atoms. The SMILES string of the molecule is N/C(=N/O)c1ccc(CNCc2cccc(F)c2)c(Cl)c1. The molecule has 2 aromatic carbocycles. The minimum atomic E-state index is -0.254. The number of hydrogen-bond donors (Lipinski definition) is 3. The minimum Gasteiger partial charge on any atom is -0.409 e. The molecule has 0 saturated heterocycles. The van der Waals surface area contributed by atoms with Crippen molar-refractivity contribution in [2.24, 2.45) is 10.9 Å². The van der Waals surface area contributed by atoms with Gasteiger partial charge in [-0.1, -0.05) is 41.0 Å². The van der Waals surface area contributed by atoms with Crippen molar-refractivity contribution in [1.29, 1.82) is 0 Å². The van der Waals surface area contributed by atoms with Gasteiger partial charge in [-0.3, -0.25) is 0 Å². The van der Waals surface area contributed by atoms with E-state index in [1.807, 2.05) is 6.07 Å². The van der Waals surface area contributed by atoms with Gasteiger partial charge in [0.2, 0.25) is 0 Å². The van der Waals surface area contributed by atoms with Crippen LogP contribution >= 0.6 is 11.6 Å². The van der Waals surface area contributed by atoms with Gasteiger partial charge in [0.1, 0.15) is 5.82 Å². The Labute approximate surface area is 127 Å². The van der Waals surface area contributed by atoms with Crippen molar-refractivity contribution in [3.05, 3.63) is 70.0 Å². The number of benzene rings is 2. The molecule has 0 aliphatic rings. The first kappa shape index (κ1) is 15.3. The predicted molar refractivity (Wildman–Crippen MR) is 80.9 cm³/mol. The molecule has 0 bridgehead atoms. The highest BCUT2D eigenvalue weighted by Crippen LogP contribution is 2.18. The lowest BCUT2D eigenvalue weighted by atomic mass is 10.1. The summed E-state index contributed by atoms with van der Waals surface area (Å²) in [7, 11) is 0. The molecule has 0 aliphatic carbocycles. The smallest absolute Gasteiger partial charge is 0.170 e. The van der Waals surface area contributed by atoms with Gasteiger partial charge in [0.15, 0.2) is 5.84 Å². The van der Waals surface area contributed by atoms with Crippen LogP contribution in [0.3, 0.4) is 0 Å². The molecule has 0 unspecified atom stereocenters. The van der Waals surface area contributed by atoms with Crippen LogP contribution in [0.15, 0.2) is 47.6 Å². The highest BCUT2D eigenvalue weighted by atomic mass is 35.5. The topological polar surface area (TPSA) is 70.6 Å². The van der Waals surface area contributed by atoms with Crippen molar-refractivity contribution in [2.75, 3.05) is 0 Å². The summed E-state index contributed by atoms with van der Waals surface area (Å²) < 4.78 is 13.0. The lowest BCUT2D eigenvalue weighted by molar-refractivity contribution is 0.318. The van der Waals surface area contributed by atoms with E-state index in [9.17, 15) is 4.39 Å². The van der Waals surface area contributed by atoms with Crippen LogP contribution in [0.2, 0.25) is 5.02 Å². The Bertz CT molecular complexity index is 661. The normalized spacial score (nSPS) is 11.6. The third-order valence-corrected chi connectivity index (χ3v) is 3.34. The van der Waals surface area contributed by atoms with E-state index in [-0.39, 0.29) is 11.7 Å². The van der Waals surface area contributed by atoms with Gasteiger partial charge in [-0.2, -0.15) is 0 Å². The summed E-state index contributed by atoms with van der Waals surface area (Å²) in [5, 5.41) is 15.2. The van der Waals surface area contributed by atoms with E-state index in [1.165, 1.54) is 12.1 Å². The van der Waals surface area contributed by atoms with Crippen LogP contribution in [0.5, 0.6) is 0 Å². The van der Waals surface area contributed by atoms with Crippen LogP contribution in [0.25, 0.3) is 0 Å². The molecular formula is C15H15ClFN3O. The van der Waals surface area contributed by atoms with Crippen LogP contribution in [0.1, 0.15) is 16.7 Å². The Morgan fingerprint density at radius 2 is 2.05 bits per heavy atom. The van der Waals surface area contributed by atoms with E-state index >= 15 is 0 Å². The van der Waals surface area contributed by atoms with E-state index in [2.05, 4.69) is 10.5 Å². The van der Waals surface area contributed by atoms with Crippen LogP contribution < -0.4 is 11.1 Å². The van der Waals surface area contributed by atoms with E-state index in [0.717, 1.165) is 11.1 Å². The fraction of sp³-hybridized carbons (Fsp3) is 0.133. The molecule has 0 fully saturated rings. The summed E-state index contributed by atoms with van der Waals surface area (Å²) >= 11 is 6.15. The molecule has 4 N–H and O–H groups in total. The summed E-state index contributed by atoms with van der Waals surface area (Å²) in [5.41, 5.74) is 7.78. The first-order chi connectivity index (χ1) is 10.1. The monoisotopic (exact) mass is 307 g/mol. The highest BCUT2D eigenvalue weighted by Gasteiger charge is 2.05. The molecule has 0 heterocycles. The van der Waals surface area contributed by atoms with E-state index in [4.69, 9.17) is 22.5 Å². The molecule has 2 rings (SSSR count). The molecule has 4 nitrogen and oxygen atoms in total. The first-order valence-corrected chi connectivity index (χ1v) is 6.69. The van der Waals surface area contributed by atoms with Gasteiger partial charge in [0, 0.05) is 23.7 Å². The molecule has 0 aromatic heterocycles. The zero-order valence-corrected chi connectivity index (χ0v) is 11.9. The number of rotatable bonds is 5. The maximum Gasteiger partial charge on any atom is 0.170 e. The van der Waals surface area contributed by atoms with Gasteiger partial charge in [-0.25, -0.2) is 4.39 Å². The lowest BCUT2D eigenvalue weighted by Gasteiger charge is -2.08. The van der Waals surface area contributed by atoms with Crippen LogP contribution in [0, 0.1) is 5.82 Å². The zero-order valence-electron chi connectivity index (χ0n) is 11.2. The largest absolute Gasteiger partial charge is 0.409 e. The van der Waals surface area contributed by atoms with Crippen LogP contribution in [-0.4, -0.2) is 11.0 Å². The van der Waals surface area contributed by atoms with E-state index in [0.29, 0.717) is 23.7 Å². The first-order valence-electron chi connectivity index (χ1n) is 6.31. The van der Waals surface area contributed by atoms with Gasteiger partial charge in [-0.05, 0) is 29.3 Å². The van der Waals surface area contributed by atoms with Gasteiger partial charge in [0.05, 0.1) is 0 Å². The summed E-state index contributed by atoms with van der Waals surface area (Å²) in [5.74, 6) is -0.244. The second-order valence-corrected chi connectivity index (χ2v) is 4.93. The number of oxime groups is 1. The van der Waals surface area contributed by atoms with Gasteiger partial charge < -0.3 is 16.3 Å². The third kappa shape index (κ3) is 4.18. The maximum atomic E-state index is 13.0. The number of nitrogens with one attached hydrogen (secondary N) is 1. The predicted octanol–water partition coefficient (Wildman–Crippen LogP) is 2.86. The highest BCUT2D eigenvalue weighted by molar-refractivity contribution is 6.31. The summed E-state index contributed by atoms with van der Waals surface area (Å²) in [6.45, 7) is 1.07. The van der Waals surface area contributed by atoms with Crippen molar-refractivity contribution < 1.29 is 9.60 Å². The van der Waals surface area contributed by atoms with Gasteiger partial charge in [-0.15, -0.1) is 0 Å². The minimum absolute atomic E-state index is 0.0103. The second kappa shape index (κ2) is 7.06. The number of halogens is 2. The number of nitrogens with two attached hydrogens (primary N) is 1. The quantitative estimate of drug-likeness (QED) is 0.344. The Morgan fingerprint density at radius 1 is 1.24 bits per heavy atom.